The van der Waals surface area contributed by atoms with E-state index >= 15 is 0 Å². The van der Waals surface area contributed by atoms with E-state index < -0.39 is 10.0 Å². The molecule has 3 rings (SSSR count). The Morgan fingerprint density at radius 1 is 1.24 bits per heavy atom. The predicted octanol–water partition coefficient (Wildman–Crippen LogP) is 1.49. The van der Waals surface area contributed by atoms with Gasteiger partial charge in [0.15, 0.2) is 5.52 Å². The van der Waals surface area contributed by atoms with Crippen molar-refractivity contribution in [2.45, 2.75) is 31.6 Å². The van der Waals surface area contributed by atoms with Gasteiger partial charge in [0.2, 0.25) is 15.9 Å². The molecule has 1 aliphatic heterocycles. The van der Waals surface area contributed by atoms with Gasteiger partial charge < -0.3 is 4.90 Å². The van der Waals surface area contributed by atoms with E-state index in [-0.39, 0.29) is 22.2 Å². The van der Waals surface area contributed by atoms with Gasteiger partial charge in [-0.3, -0.25) is 4.79 Å². The maximum Gasteiger partial charge on any atom is 0.245 e. The van der Waals surface area contributed by atoms with Crippen LogP contribution in [0.4, 0.5) is 0 Å². The van der Waals surface area contributed by atoms with Crippen molar-refractivity contribution in [2.75, 3.05) is 26.2 Å². The lowest BCUT2D eigenvalue weighted by Gasteiger charge is -2.33. The van der Waals surface area contributed by atoms with Gasteiger partial charge in [0.25, 0.3) is 0 Å². The summed E-state index contributed by atoms with van der Waals surface area (Å²) in [6.45, 7) is 5.90. The number of amides is 1. The van der Waals surface area contributed by atoms with Crippen LogP contribution in [0.25, 0.3) is 11.0 Å². The van der Waals surface area contributed by atoms with Crippen molar-refractivity contribution in [1.29, 1.82) is 0 Å². The molecule has 0 aliphatic carbocycles. The largest absolute Gasteiger partial charge is 0.343 e. The molecule has 1 fully saturated rings. The van der Waals surface area contributed by atoms with Crippen LogP contribution in [0.15, 0.2) is 27.7 Å². The van der Waals surface area contributed by atoms with Crippen molar-refractivity contribution in [3.8, 4) is 0 Å². The van der Waals surface area contributed by atoms with Gasteiger partial charge in [0.1, 0.15) is 10.4 Å². The minimum Gasteiger partial charge on any atom is -0.343 e. The summed E-state index contributed by atoms with van der Waals surface area (Å²) in [4.78, 5) is 14.4. The summed E-state index contributed by atoms with van der Waals surface area (Å²) in [5.41, 5.74) is 0.650. The zero-order chi connectivity index (χ0) is 18.0. The number of nitrogens with zero attached hydrogens (tertiary/aromatic N) is 4. The lowest BCUT2D eigenvalue weighted by molar-refractivity contribution is -0.136. The summed E-state index contributed by atoms with van der Waals surface area (Å²) >= 11 is 0. The van der Waals surface area contributed by atoms with Crippen LogP contribution >= 0.6 is 0 Å². The van der Waals surface area contributed by atoms with Gasteiger partial charge in [-0.2, -0.15) is 4.31 Å². The molecule has 0 unspecified atom stereocenters. The van der Waals surface area contributed by atoms with Gasteiger partial charge in [-0.15, -0.1) is 0 Å². The molecule has 0 spiro atoms. The number of aromatic nitrogens is 2. The highest BCUT2D eigenvalue weighted by Crippen LogP contribution is 2.28. The molecule has 8 nitrogen and oxygen atoms in total. The molecule has 1 saturated heterocycles. The molecule has 2 heterocycles. The van der Waals surface area contributed by atoms with Crippen molar-refractivity contribution >= 4 is 27.0 Å². The van der Waals surface area contributed by atoms with Crippen molar-refractivity contribution in [3.63, 3.8) is 0 Å². The fourth-order valence-corrected chi connectivity index (χ4v) is 4.87. The SMILES string of the molecule is CCN(CC)C(=O)C1CCN(S(=O)(=O)c2cccc3nonc23)CC1. The average molecular weight is 366 g/mol. The smallest absolute Gasteiger partial charge is 0.245 e. The molecule has 1 amide bonds. The van der Waals surface area contributed by atoms with Gasteiger partial charge in [0, 0.05) is 32.1 Å². The fourth-order valence-electron chi connectivity index (χ4n) is 3.27. The molecule has 1 aliphatic rings. The van der Waals surface area contributed by atoms with E-state index in [1.807, 2.05) is 13.8 Å². The molecule has 0 N–H and O–H groups in total. The van der Waals surface area contributed by atoms with Gasteiger partial charge in [0.05, 0.1) is 0 Å². The van der Waals surface area contributed by atoms with Crippen LogP contribution in [0.1, 0.15) is 26.7 Å². The first-order chi connectivity index (χ1) is 12.0. The lowest BCUT2D eigenvalue weighted by atomic mass is 9.96. The molecule has 0 bridgehead atoms. The Balaban J connectivity index is 1.76. The number of fused-ring (bicyclic) bond motifs is 1. The summed E-state index contributed by atoms with van der Waals surface area (Å²) in [6, 6.07) is 4.78. The average Bonchev–Trinajstić information content (AvgIpc) is 3.11. The maximum atomic E-state index is 12.9. The normalized spacial score (nSPS) is 17.0. The second kappa shape index (κ2) is 7.09. The van der Waals surface area contributed by atoms with Crippen LogP contribution in [-0.2, 0) is 14.8 Å². The minimum atomic E-state index is -3.69. The highest BCUT2D eigenvalue weighted by atomic mass is 32.2. The Bertz CT molecular complexity index is 852. The van der Waals surface area contributed by atoms with Crippen molar-refractivity contribution in [3.05, 3.63) is 18.2 Å². The first-order valence-corrected chi connectivity index (χ1v) is 9.93. The summed E-state index contributed by atoms with van der Waals surface area (Å²) in [5.74, 6) is 0.000657. The number of sulfonamides is 1. The molecule has 25 heavy (non-hydrogen) atoms. The molecular weight excluding hydrogens is 344 g/mol. The molecular formula is C16H22N4O4S. The highest BCUT2D eigenvalue weighted by molar-refractivity contribution is 7.89. The summed E-state index contributed by atoms with van der Waals surface area (Å²) in [7, 11) is -3.69. The van der Waals surface area contributed by atoms with Crippen LogP contribution in [0, 0.1) is 5.92 Å². The van der Waals surface area contributed by atoms with Crippen LogP contribution in [0.3, 0.4) is 0 Å². The third-order valence-corrected chi connectivity index (χ3v) is 6.68. The maximum absolute atomic E-state index is 12.9. The Morgan fingerprint density at radius 2 is 1.92 bits per heavy atom. The van der Waals surface area contributed by atoms with Crippen molar-refractivity contribution < 1.29 is 17.8 Å². The van der Waals surface area contributed by atoms with E-state index in [9.17, 15) is 13.2 Å². The Morgan fingerprint density at radius 3 is 2.56 bits per heavy atom. The van der Waals surface area contributed by atoms with Gasteiger partial charge in [-0.05, 0) is 49.1 Å². The standard InChI is InChI=1S/C16H22N4O4S/c1-3-19(4-2)16(21)12-8-10-20(11-9-12)25(22,23)14-7-5-6-13-15(14)18-24-17-13/h5-7,12H,3-4,8-11H2,1-2H3. The second-order valence-electron chi connectivity index (χ2n) is 6.08. The number of carbonyl (C=O) groups is 1. The van der Waals surface area contributed by atoms with Gasteiger partial charge in [-0.1, -0.05) is 6.07 Å². The van der Waals surface area contributed by atoms with E-state index in [1.54, 1.807) is 17.0 Å². The van der Waals surface area contributed by atoms with Crippen LogP contribution in [0.5, 0.6) is 0 Å². The Hall–Kier alpha value is -2.00. The molecule has 0 saturated carbocycles. The highest BCUT2D eigenvalue weighted by Gasteiger charge is 2.34. The first kappa shape index (κ1) is 17.8. The summed E-state index contributed by atoms with van der Waals surface area (Å²) in [6.07, 6.45) is 1.06. The minimum absolute atomic E-state index is 0.0970. The Kier molecular flexibility index (Phi) is 5.05. The number of carbonyl (C=O) groups excluding carboxylic acids is 1. The first-order valence-electron chi connectivity index (χ1n) is 8.49. The van der Waals surface area contributed by atoms with Crippen LogP contribution in [0.2, 0.25) is 0 Å². The molecule has 0 atom stereocenters. The summed E-state index contributed by atoms with van der Waals surface area (Å²) in [5, 5.41) is 7.41. The molecule has 2 aromatic rings. The molecule has 1 aromatic carbocycles. The second-order valence-corrected chi connectivity index (χ2v) is 7.98. The van der Waals surface area contributed by atoms with E-state index in [4.69, 9.17) is 0 Å². The zero-order valence-electron chi connectivity index (χ0n) is 14.4. The van der Waals surface area contributed by atoms with Crippen molar-refractivity contribution in [1.82, 2.24) is 19.5 Å². The topological polar surface area (TPSA) is 96.6 Å². The van der Waals surface area contributed by atoms with Crippen molar-refractivity contribution in [2.24, 2.45) is 5.92 Å². The number of rotatable bonds is 5. The number of piperidine rings is 1. The lowest BCUT2D eigenvalue weighted by Crippen LogP contribution is -2.44. The van der Waals surface area contributed by atoms with E-state index in [0.717, 1.165) is 0 Å². The van der Waals surface area contributed by atoms with Gasteiger partial charge >= 0.3 is 0 Å². The monoisotopic (exact) mass is 366 g/mol. The third-order valence-electron chi connectivity index (χ3n) is 4.75. The third kappa shape index (κ3) is 3.25. The quantitative estimate of drug-likeness (QED) is 0.795. The van der Waals surface area contributed by atoms with Gasteiger partial charge in [-0.25, -0.2) is 13.0 Å². The molecule has 9 heteroatoms. The predicted molar refractivity (Wildman–Crippen MR) is 91.2 cm³/mol. The number of benzene rings is 1. The van der Waals surface area contributed by atoms with E-state index in [2.05, 4.69) is 14.9 Å². The Labute approximate surface area is 146 Å². The molecule has 136 valence electrons. The number of hydrogen-bond donors (Lipinski definition) is 0. The molecule has 1 aromatic heterocycles. The zero-order valence-corrected chi connectivity index (χ0v) is 15.2. The van der Waals surface area contributed by atoms with E-state index in [1.165, 1.54) is 10.4 Å². The van der Waals surface area contributed by atoms with E-state index in [0.29, 0.717) is 44.5 Å². The fraction of sp³-hybridized carbons (Fsp3) is 0.562. The number of hydrogen-bond acceptors (Lipinski definition) is 6. The van der Waals surface area contributed by atoms with Crippen LogP contribution in [-0.4, -0.2) is 60.0 Å². The molecule has 0 radical (unpaired) electrons. The summed E-state index contributed by atoms with van der Waals surface area (Å²) < 4.78 is 32.0. The van der Waals surface area contributed by atoms with Crippen LogP contribution < -0.4 is 0 Å².